The third kappa shape index (κ3) is 2.93. The molecule has 1 heterocycles. The first-order chi connectivity index (χ1) is 10.1. The number of aryl methyl sites for hydroxylation is 2. The van der Waals surface area contributed by atoms with Crippen LogP contribution >= 0.6 is 11.3 Å². The van der Waals surface area contributed by atoms with Crippen LogP contribution < -0.4 is 10.2 Å². The number of rotatable bonds is 4. The highest BCUT2D eigenvalue weighted by atomic mass is 32.1. The Kier molecular flexibility index (Phi) is 3.92. The summed E-state index contributed by atoms with van der Waals surface area (Å²) in [7, 11) is 0. The molecule has 0 saturated carbocycles. The van der Waals surface area contributed by atoms with E-state index in [1.54, 1.807) is 4.57 Å². The van der Waals surface area contributed by atoms with Gasteiger partial charge in [-0.15, -0.1) is 0 Å². The van der Waals surface area contributed by atoms with Gasteiger partial charge in [-0.05, 0) is 30.9 Å². The average Bonchev–Trinajstić information content (AvgIpc) is 3.02. The second kappa shape index (κ2) is 5.85. The molecule has 1 aliphatic rings. The van der Waals surface area contributed by atoms with Crippen molar-refractivity contribution in [2.75, 3.05) is 0 Å². The van der Waals surface area contributed by atoms with Crippen molar-refractivity contribution in [2.24, 2.45) is 0 Å². The van der Waals surface area contributed by atoms with Crippen LogP contribution in [-0.4, -0.2) is 10.5 Å². The van der Waals surface area contributed by atoms with Crippen molar-refractivity contribution < 1.29 is 4.79 Å². The molecule has 1 aliphatic carbocycles. The number of thiazole rings is 1. The Morgan fingerprint density at radius 3 is 3.00 bits per heavy atom. The molecule has 110 valence electrons. The SMILES string of the molecule is Cc1csc(=O)n1CCC(=O)NC1CCc2ccccc21. The van der Waals surface area contributed by atoms with Crippen molar-refractivity contribution in [2.45, 2.75) is 38.8 Å². The van der Waals surface area contributed by atoms with Gasteiger partial charge >= 0.3 is 4.87 Å². The van der Waals surface area contributed by atoms with Gasteiger partial charge in [-0.1, -0.05) is 35.6 Å². The van der Waals surface area contributed by atoms with Crippen molar-refractivity contribution in [3.05, 3.63) is 56.1 Å². The van der Waals surface area contributed by atoms with Crippen molar-refractivity contribution in [3.8, 4) is 0 Å². The van der Waals surface area contributed by atoms with E-state index in [0.717, 1.165) is 18.5 Å². The number of amides is 1. The highest BCUT2D eigenvalue weighted by Crippen LogP contribution is 2.30. The third-order valence-corrected chi connectivity index (χ3v) is 4.89. The van der Waals surface area contributed by atoms with Crippen LogP contribution in [-0.2, 0) is 17.8 Å². The largest absolute Gasteiger partial charge is 0.349 e. The molecule has 1 aromatic carbocycles. The highest BCUT2D eigenvalue weighted by molar-refractivity contribution is 7.07. The summed E-state index contributed by atoms with van der Waals surface area (Å²) in [4.78, 5) is 23.7. The molecule has 0 saturated heterocycles. The second-order valence-corrected chi connectivity index (χ2v) is 6.22. The quantitative estimate of drug-likeness (QED) is 0.943. The molecule has 0 spiro atoms. The first kappa shape index (κ1) is 14.1. The third-order valence-electron chi connectivity index (χ3n) is 4.01. The van der Waals surface area contributed by atoms with Crippen molar-refractivity contribution in [1.82, 2.24) is 9.88 Å². The Labute approximate surface area is 127 Å². The first-order valence-corrected chi connectivity index (χ1v) is 8.05. The predicted octanol–water partition coefficient (Wildman–Crippen LogP) is 2.41. The Bertz CT molecular complexity index is 717. The number of aromatic nitrogens is 1. The van der Waals surface area contributed by atoms with E-state index in [2.05, 4.69) is 17.4 Å². The molecule has 0 fully saturated rings. The number of nitrogens with zero attached hydrogens (tertiary/aromatic N) is 1. The fourth-order valence-corrected chi connectivity index (χ4v) is 3.62. The summed E-state index contributed by atoms with van der Waals surface area (Å²) < 4.78 is 1.66. The minimum Gasteiger partial charge on any atom is -0.349 e. The maximum absolute atomic E-state index is 12.1. The van der Waals surface area contributed by atoms with Gasteiger partial charge in [-0.2, -0.15) is 0 Å². The molecule has 1 amide bonds. The Morgan fingerprint density at radius 2 is 2.24 bits per heavy atom. The molecule has 0 aliphatic heterocycles. The Hall–Kier alpha value is -1.88. The van der Waals surface area contributed by atoms with Gasteiger partial charge in [-0.25, -0.2) is 0 Å². The van der Waals surface area contributed by atoms with Crippen LogP contribution in [0.25, 0.3) is 0 Å². The van der Waals surface area contributed by atoms with Crippen LogP contribution in [0, 0.1) is 6.92 Å². The lowest BCUT2D eigenvalue weighted by Gasteiger charge is -2.14. The summed E-state index contributed by atoms with van der Waals surface area (Å²) >= 11 is 1.18. The maximum Gasteiger partial charge on any atom is 0.307 e. The summed E-state index contributed by atoms with van der Waals surface area (Å²) in [5.74, 6) is 0.00852. The van der Waals surface area contributed by atoms with Gasteiger partial charge in [0, 0.05) is 24.0 Å². The molecular formula is C16H18N2O2S. The van der Waals surface area contributed by atoms with Crippen LogP contribution in [0.5, 0.6) is 0 Å². The summed E-state index contributed by atoms with van der Waals surface area (Å²) in [6.45, 7) is 2.34. The summed E-state index contributed by atoms with van der Waals surface area (Å²) in [6.07, 6.45) is 2.32. The number of carbonyl (C=O) groups excluding carboxylic acids is 1. The van der Waals surface area contributed by atoms with Gasteiger partial charge in [0.15, 0.2) is 0 Å². The molecule has 1 aromatic heterocycles. The number of fused-ring (bicyclic) bond motifs is 1. The van der Waals surface area contributed by atoms with E-state index in [-0.39, 0.29) is 16.8 Å². The van der Waals surface area contributed by atoms with E-state index in [4.69, 9.17) is 0 Å². The topological polar surface area (TPSA) is 51.1 Å². The monoisotopic (exact) mass is 302 g/mol. The molecular weight excluding hydrogens is 284 g/mol. The first-order valence-electron chi connectivity index (χ1n) is 7.17. The fourth-order valence-electron chi connectivity index (χ4n) is 2.86. The maximum atomic E-state index is 12.1. The van der Waals surface area contributed by atoms with Crippen LogP contribution in [0.15, 0.2) is 34.4 Å². The van der Waals surface area contributed by atoms with E-state index >= 15 is 0 Å². The fraction of sp³-hybridized carbons (Fsp3) is 0.375. The zero-order valence-corrected chi connectivity index (χ0v) is 12.8. The van der Waals surface area contributed by atoms with Crippen LogP contribution in [0.3, 0.4) is 0 Å². The molecule has 2 aromatic rings. The van der Waals surface area contributed by atoms with Gasteiger partial charge < -0.3 is 9.88 Å². The summed E-state index contributed by atoms with van der Waals surface area (Å²) in [5, 5.41) is 4.91. The van der Waals surface area contributed by atoms with E-state index in [1.165, 1.54) is 22.5 Å². The lowest BCUT2D eigenvalue weighted by molar-refractivity contribution is -0.122. The zero-order valence-electron chi connectivity index (χ0n) is 12.0. The molecule has 3 rings (SSSR count). The molecule has 21 heavy (non-hydrogen) atoms. The number of benzene rings is 1. The molecule has 4 nitrogen and oxygen atoms in total. The zero-order chi connectivity index (χ0) is 14.8. The van der Waals surface area contributed by atoms with E-state index in [0.29, 0.717) is 13.0 Å². The van der Waals surface area contributed by atoms with Gasteiger partial charge in [0.25, 0.3) is 0 Å². The molecule has 1 unspecified atom stereocenters. The number of hydrogen-bond acceptors (Lipinski definition) is 3. The van der Waals surface area contributed by atoms with Gasteiger partial charge in [0.2, 0.25) is 5.91 Å². The van der Waals surface area contributed by atoms with Crippen molar-refractivity contribution in [1.29, 1.82) is 0 Å². The molecule has 5 heteroatoms. The Balaban J connectivity index is 1.60. The summed E-state index contributed by atoms with van der Waals surface area (Å²) in [6, 6.07) is 8.37. The number of carbonyl (C=O) groups is 1. The smallest absolute Gasteiger partial charge is 0.307 e. The highest BCUT2D eigenvalue weighted by Gasteiger charge is 2.23. The van der Waals surface area contributed by atoms with Crippen LogP contribution in [0.2, 0.25) is 0 Å². The van der Waals surface area contributed by atoms with Crippen molar-refractivity contribution in [3.63, 3.8) is 0 Å². The molecule has 1 atom stereocenters. The molecule has 0 radical (unpaired) electrons. The average molecular weight is 302 g/mol. The summed E-state index contributed by atoms with van der Waals surface area (Å²) in [5.41, 5.74) is 3.48. The van der Waals surface area contributed by atoms with E-state index in [1.807, 2.05) is 24.4 Å². The minimum absolute atomic E-state index is 0.00603. The normalized spacial score (nSPS) is 16.7. The van der Waals surface area contributed by atoms with Gasteiger partial charge in [0.05, 0.1) is 6.04 Å². The predicted molar refractivity (Wildman–Crippen MR) is 83.6 cm³/mol. The van der Waals surface area contributed by atoms with Crippen LogP contribution in [0.1, 0.15) is 35.7 Å². The van der Waals surface area contributed by atoms with Gasteiger partial charge in [0.1, 0.15) is 0 Å². The minimum atomic E-state index is 0.00603. The number of nitrogens with one attached hydrogen (secondary N) is 1. The Morgan fingerprint density at radius 1 is 1.43 bits per heavy atom. The van der Waals surface area contributed by atoms with Crippen molar-refractivity contribution >= 4 is 17.2 Å². The second-order valence-electron chi connectivity index (χ2n) is 5.40. The molecule has 1 N–H and O–H groups in total. The lowest BCUT2D eigenvalue weighted by Crippen LogP contribution is -2.29. The van der Waals surface area contributed by atoms with Crippen LogP contribution in [0.4, 0.5) is 0 Å². The van der Waals surface area contributed by atoms with E-state index < -0.39 is 0 Å². The number of hydrogen-bond donors (Lipinski definition) is 1. The van der Waals surface area contributed by atoms with E-state index in [9.17, 15) is 9.59 Å². The lowest BCUT2D eigenvalue weighted by atomic mass is 10.1. The molecule has 0 bridgehead atoms. The van der Waals surface area contributed by atoms with Gasteiger partial charge in [-0.3, -0.25) is 9.59 Å². The standard InChI is InChI=1S/C16H18N2O2S/c1-11-10-21-16(20)18(11)9-8-15(19)17-14-7-6-12-4-2-3-5-13(12)14/h2-5,10,14H,6-9H2,1H3,(H,17,19).